The number of aryl methyl sites for hydroxylation is 1. The van der Waals surface area contributed by atoms with Crippen molar-refractivity contribution in [3.05, 3.63) is 32.7 Å². The van der Waals surface area contributed by atoms with E-state index in [1.54, 1.807) is 0 Å². The van der Waals surface area contributed by atoms with Crippen LogP contribution in [0.3, 0.4) is 0 Å². The number of H-pyrrole nitrogens is 1. The maximum atomic E-state index is 11.9. The van der Waals surface area contributed by atoms with Crippen molar-refractivity contribution in [1.82, 2.24) is 10.3 Å². The van der Waals surface area contributed by atoms with E-state index in [9.17, 15) is 9.59 Å². The SMILES string of the molecule is CCC[C@@H](C)NC(=O)c1cc(Cl)c(CC)[nH]c1=O. The van der Waals surface area contributed by atoms with E-state index >= 15 is 0 Å². The molecule has 0 aliphatic rings. The molecule has 1 heterocycles. The molecule has 0 saturated carbocycles. The molecule has 0 bridgehead atoms. The first kappa shape index (κ1) is 14.8. The molecule has 4 nitrogen and oxygen atoms in total. The molecule has 0 aliphatic heterocycles. The van der Waals surface area contributed by atoms with Gasteiger partial charge in [0.05, 0.1) is 5.02 Å². The number of carbonyl (C=O) groups is 1. The molecule has 1 aromatic rings. The van der Waals surface area contributed by atoms with Gasteiger partial charge in [-0.15, -0.1) is 0 Å². The molecule has 0 aliphatic carbocycles. The van der Waals surface area contributed by atoms with E-state index in [0.717, 1.165) is 12.8 Å². The zero-order chi connectivity index (χ0) is 13.7. The Balaban J connectivity index is 2.93. The van der Waals surface area contributed by atoms with E-state index in [4.69, 9.17) is 11.6 Å². The lowest BCUT2D eigenvalue weighted by Gasteiger charge is -2.12. The summed E-state index contributed by atoms with van der Waals surface area (Å²) in [6.45, 7) is 5.85. The highest BCUT2D eigenvalue weighted by atomic mass is 35.5. The van der Waals surface area contributed by atoms with Gasteiger partial charge in [0.25, 0.3) is 11.5 Å². The first-order chi connectivity index (χ1) is 8.49. The maximum absolute atomic E-state index is 11.9. The Bertz CT molecular complexity index is 482. The van der Waals surface area contributed by atoms with E-state index in [2.05, 4.69) is 10.3 Å². The number of aromatic nitrogens is 1. The van der Waals surface area contributed by atoms with Crippen LogP contribution in [0.5, 0.6) is 0 Å². The summed E-state index contributed by atoms with van der Waals surface area (Å²) < 4.78 is 0. The first-order valence-electron chi connectivity index (χ1n) is 6.22. The maximum Gasteiger partial charge on any atom is 0.261 e. The van der Waals surface area contributed by atoms with Gasteiger partial charge >= 0.3 is 0 Å². The van der Waals surface area contributed by atoms with E-state index in [-0.39, 0.29) is 17.5 Å². The van der Waals surface area contributed by atoms with Crippen LogP contribution in [-0.2, 0) is 6.42 Å². The number of nitrogens with one attached hydrogen (secondary N) is 2. The second-order valence-corrected chi connectivity index (χ2v) is 4.76. The molecular weight excluding hydrogens is 252 g/mol. The van der Waals surface area contributed by atoms with Gasteiger partial charge in [0.15, 0.2) is 0 Å². The minimum absolute atomic E-state index is 0.0477. The first-order valence-corrected chi connectivity index (χ1v) is 6.59. The van der Waals surface area contributed by atoms with Crippen LogP contribution in [0.25, 0.3) is 0 Å². The molecule has 5 heteroatoms. The van der Waals surface area contributed by atoms with E-state index in [1.165, 1.54) is 6.07 Å². The van der Waals surface area contributed by atoms with Crippen molar-refractivity contribution in [1.29, 1.82) is 0 Å². The second kappa shape index (κ2) is 6.59. The fourth-order valence-electron chi connectivity index (χ4n) is 1.78. The highest BCUT2D eigenvalue weighted by Crippen LogP contribution is 2.13. The Hall–Kier alpha value is -1.29. The molecule has 0 spiro atoms. The van der Waals surface area contributed by atoms with Gasteiger partial charge in [-0.1, -0.05) is 31.9 Å². The van der Waals surface area contributed by atoms with Crippen LogP contribution in [0.1, 0.15) is 49.7 Å². The number of carbonyl (C=O) groups excluding carboxylic acids is 1. The molecule has 1 aromatic heterocycles. The average molecular weight is 271 g/mol. The summed E-state index contributed by atoms with van der Waals surface area (Å²) >= 11 is 5.99. The molecular formula is C13H19ClN2O2. The molecule has 0 unspecified atom stereocenters. The lowest BCUT2D eigenvalue weighted by Crippen LogP contribution is -2.36. The molecule has 1 amide bonds. The zero-order valence-corrected chi connectivity index (χ0v) is 11.7. The third-order valence-electron chi connectivity index (χ3n) is 2.77. The number of aromatic amines is 1. The van der Waals surface area contributed by atoms with E-state index in [1.807, 2.05) is 20.8 Å². The highest BCUT2D eigenvalue weighted by molar-refractivity contribution is 6.31. The van der Waals surface area contributed by atoms with Crippen molar-refractivity contribution in [2.45, 2.75) is 46.1 Å². The average Bonchev–Trinajstić information content (AvgIpc) is 2.31. The van der Waals surface area contributed by atoms with Crippen LogP contribution in [0.2, 0.25) is 5.02 Å². The van der Waals surface area contributed by atoms with Gasteiger partial charge in [-0.3, -0.25) is 9.59 Å². The van der Waals surface area contributed by atoms with Gasteiger partial charge in [-0.25, -0.2) is 0 Å². The molecule has 1 atom stereocenters. The van der Waals surface area contributed by atoms with Crippen molar-refractivity contribution in [2.24, 2.45) is 0 Å². The van der Waals surface area contributed by atoms with Crippen molar-refractivity contribution in [2.75, 3.05) is 0 Å². The molecule has 18 heavy (non-hydrogen) atoms. The third kappa shape index (κ3) is 3.60. The highest BCUT2D eigenvalue weighted by Gasteiger charge is 2.15. The molecule has 0 saturated heterocycles. The Labute approximate surface area is 112 Å². The van der Waals surface area contributed by atoms with Gasteiger partial charge in [0.2, 0.25) is 0 Å². The van der Waals surface area contributed by atoms with Crippen LogP contribution in [-0.4, -0.2) is 16.9 Å². The van der Waals surface area contributed by atoms with E-state index < -0.39 is 5.56 Å². The second-order valence-electron chi connectivity index (χ2n) is 4.36. The molecule has 0 fully saturated rings. The molecule has 0 radical (unpaired) electrons. The quantitative estimate of drug-likeness (QED) is 0.864. The summed E-state index contributed by atoms with van der Waals surface area (Å²) in [6, 6.07) is 1.49. The number of amides is 1. The monoisotopic (exact) mass is 270 g/mol. The Morgan fingerprint density at radius 3 is 2.72 bits per heavy atom. The van der Waals surface area contributed by atoms with Crippen molar-refractivity contribution < 1.29 is 4.79 Å². The van der Waals surface area contributed by atoms with Crippen molar-refractivity contribution in [3.63, 3.8) is 0 Å². The largest absolute Gasteiger partial charge is 0.349 e. The standard InChI is InChI=1S/C13H19ClN2O2/c1-4-6-8(3)15-12(17)9-7-10(14)11(5-2)16-13(9)18/h7-8H,4-6H2,1-3H3,(H,15,17)(H,16,18)/t8-/m1/s1. The van der Waals surface area contributed by atoms with Crippen molar-refractivity contribution >= 4 is 17.5 Å². The normalized spacial score (nSPS) is 12.2. The van der Waals surface area contributed by atoms with Gasteiger partial charge < -0.3 is 10.3 Å². The Kier molecular flexibility index (Phi) is 5.41. The third-order valence-corrected chi connectivity index (χ3v) is 3.10. The number of hydrogen-bond acceptors (Lipinski definition) is 2. The van der Waals surface area contributed by atoms with Crippen LogP contribution in [0.4, 0.5) is 0 Å². The number of hydrogen-bond donors (Lipinski definition) is 2. The number of halogens is 1. The van der Waals surface area contributed by atoms with E-state index in [0.29, 0.717) is 17.1 Å². The summed E-state index contributed by atoms with van der Waals surface area (Å²) in [7, 11) is 0. The summed E-state index contributed by atoms with van der Waals surface area (Å²) in [6.07, 6.45) is 2.49. The Morgan fingerprint density at radius 2 is 2.17 bits per heavy atom. The summed E-state index contributed by atoms with van der Waals surface area (Å²) in [5.74, 6) is -0.373. The fourth-order valence-corrected chi connectivity index (χ4v) is 2.07. The lowest BCUT2D eigenvalue weighted by atomic mass is 10.1. The minimum Gasteiger partial charge on any atom is -0.349 e. The summed E-state index contributed by atoms with van der Waals surface area (Å²) in [5, 5.41) is 3.21. The molecule has 100 valence electrons. The summed E-state index contributed by atoms with van der Waals surface area (Å²) in [4.78, 5) is 26.3. The zero-order valence-electron chi connectivity index (χ0n) is 11.0. The van der Waals surface area contributed by atoms with Gasteiger partial charge in [-0.2, -0.15) is 0 Å². The van der Waals surface area contributed by atoms with Crippen molar-refractivity contribution in [3.8, 4) is 0 Å². The van der Waals surface area contributed by atoms with Crippen LogP contribution in [0.15, 0.2) is 10.9 Å². The topological polar surface area (TPSA) is 62.0 Å². The van der Waals surface area contributed by atoms with Gasteiger partial charge in [0.1, 0.15) is 5.56 Å². The number of pyridine rings is 1. The van der Waals surface area contributed by atoms with Crippen LogP contribution >= 0.6 is 11.6 Å². The summed E-state index contributed by atoms with van der Waals surface area (Å²) in [5.41, 5.74) is 0.331. The predicted octanol–water partition coefficient (Wildman–Crippen LogP) is 2.51. The van der Waals surface area contributed by atoms with Gasteiger partial charge in [-0.05, 0) is 25.8 Å². The fraction of sp³-hybridized carbons (Fsp3) is 0.538. The molecule has 2 N–H and O–H groups in total. The lowest BCUT2D eigenvalue weighted by molar-refractivity contribution is 0.0936. The minimum atomic E-state index is -0.391. The number of rotatable bonds is 5. The van der Waals surface area contributed by atoms with Crippen LogP contribution in [0, 0.1) is 0 Å². The Morgan fingerprint density at radius 1 is 1.50 bits per heavy atom. The van der Waals surface area contributed by atoms with Gasteiger partial charge in [0, 0.05) is 11.7 Å². The molecule has 0 aromatic carbocycles. The smallest absolute Gasteiger partial charge is 0.261 e. The predicted molar refractivity (Wildman–Crippen MR) is 73.3 cm³/mol. The molecule has 1 rings (SSSR count). The van der Waals surface area contributed by atoms with Crippen LogP contribution < -0.4 is 10.9 Å².